The van der Waals surface area contributed by atoms with E-state index < -0.39 is 0 Å². The van der Waals surface area contributed by atoms with Gasteiger partial charge in [-0.15, -0.1) is 0 Å². The Hall–Kier alpha value is -2.63. The van der Waals surface area contributed by atoms with Gasteiger partial charge in [0.25, 0.3) is 5.91 Å². The number of aromatic nitrogens is 2. The predicted octanol–water partition coefficient (Wildman–Crippen LogP) is 2.47. The summed E-state index contributed by atoms with van der Waals surface area (Å²) < 4.78 is 0. The van der Waals surface area contributed by atoms with Crippen molar-refractivity contribution in [1.29, 1.82) is 0 Å². The Balaban J connectivity index is 1.55. The van der Waals surface area contributed by atoms with Gasteiger partial charge in [-0.1, -0.05) is 29.8 Å². The number of piperidine rings is 1. The molecule has 6 nitrogen and oxygen atoms in total. The Morgan fingerprint density at radius 3 is 2.62 bits per heavy atom. The first-order chi connectivity index (χ1) is 12.5. The Morgan fingerprint density at radius 2 is 1.88 bits per heavy atom. The molecule has 26 heavy (non-hydrogen) atoms. The highest BCUT2D eigenvalue weighted by atomic mass is 16.2. The monoisotopic (exact) mass is 352 g/mol. The van der Waals surface area contributed by atoms with Crippen LogP contribution in [0.1, 0.15) is 35.8 Å². The molecule has 3 saturated heterocycles. The summed E-state index contributed by atoms with van der Waals surface area (Å²) >= 11 is 0. The molecule has 0 aliphatic carbocycles. The van der Waals surface area contributed by atoms with E-state index in [2.05, 4.69) is 10.2 Å². The second-order valence-electron chi connectivity index (χ2n) is 7.51. The van der Waals surface area contributed by atoms with Crippen molar-refractivity contribution in [3.8, 4) is 11.3 Å². The summed E-state index contributed by atoms with van der Waals surface area (Å²) in [6.45, 7) is 5.76. The maximum Gasteiger partial charge on any atom is 0.272 e. The Kier molecular flexibility index (Phi) is 4.26. The quantitative estimate of drug-likeness (QED) is 0.903. The Bertz CT molecular complexity index is 827. The maximum atomic E-state index is 13.1. The van der Waals surface area contributed by atoms with Crippen LogP contribution < -0.4 is 0 Å². The minimum atomic E-state index is -0.0176. The van der Waals surface area contributed by atoms with Crippen LogP contribution in [0.2, 0.25) is 0 Å². The van der Waals surface area contributed by atoms with Crippen LogP contribution in [0.25, 0.3) is 11.3 Å². The highest BCUT2D eigenvalue weighted by molar-refractivity contribution is 5.93. The van der Waals surface area contributed by atoms with Crippen LogP contribution in [0.3, 0.4) is 0 Å². The third-order valence-corrected chi connectivity index (χ3v) is 5.58. The van der Waals surface area contributed by atoms with Crippen molar-refractivity contribution < 1.29 is 9.59 Å². The van der Waals surface area contributed by atoms with E-state index in [-0.39, 0.29) is 17.9 Å². The van der Waals surface area contributed by atoms with E-state index in [1.165, 1.54) is 5.56 Å². The van der Waals surface area contributed by atoms with Crippen molar-refractivity contribution in [2.45, 2.75) is 32.7 Å². The van der Waals surface area contributed by atoms with Gasteiger partial charge in [-0.25, -0.2) is 0 Å². The molecule has 2 atom stereocenters. The summed E-state index contributed by atoms with van der Waals surface area (Å²) in [5.74, 6) is 0.441. The molecule has 0 spiro atoms. The van der Waals surface area contributed by atoms with Gasteiger partial charge in [0, 0.05) is 38.2 Å². The number of carbonyl (C=O) groups excluding carboxylic acids is 2. The number of carbonyl (C=O) groups is 2. The lowest BCUT2D eigenvalue weighted by atomic mass is 9.94. The van der Waals surface area contributed by atoms with Crippen LogP contribution >= 0.6 is 0 Å². The van der Waals surface area contributed by atoms with Crippen LogP contribution in [-0.4, -0.2) is 57.5 Å². The van der Waals surface area contributed by atoms with Gasteiger partial charge in [0.1, 0.15) is 5.69 Å². The highest BCUT2D eigenvalue weighted by Crippen LogP contribution is 2.29. The van der Waals surface area contributed by atoms with Crippen molar-refractivity contribution in [2.75, 3.05) is 19.6 Å². The van der Waals surface area contributed by atoms with Crippen molar-refractivity contribution >= 4 is 11.8 Å². The minimum Gasteiger partial charge on any atom is -0.341 e. The van der Waals surface area contributed by atoms with Crippen LogP contribution in [0.15, 0.2) is 30.3 Å². The summed E-state index contributed by atoms with van der Waals surface area (Å²) in [5.41, 5.74) is 3.48. The number of rotatable bonds is 2. The molecule has 1 N–H and O–H groups in total. The Labute approximate surface area is 153 Å². The molecule has 2 bridgehead atoms. The SMILES string of the molecule is CC(=O)N1C[C@@H]2CC[C@H](C1)N(C(=O)c1cc(-c3ccc(C)cc3)n[nH]1)C2. The largest absolute Gasteiger partial charge is 0.341 e. The molecule has 0 unspecified atom stereocenters. The topological polar surface area (TPSA) is 69.3 Å². The lowest BCUT2D eigenvalue weighted by Crippen LogP contribution is -2.47. The predicted molar refractivity (Wildman–Crippen MR) is 98.6 cm³/mol. The number of H-pyrrole nitrogens is 1. The molecule has 6 heteroatoms. The lowest BCUT2D eigenvalue weighted by molar-refractivity contribution is -0.129. The first-order valence-corrected chi connectivity index (χ1v) is 9.20. The van der Waals surface area contributed by atoms with Crippen molar-refractivity contribution in [2.24, 2.45) is 5.92 Å². The second kappa shape index (κ2) is 6.59. The summed E-state index contributed by atoms with van der Waals surface area (Å²) in [6, 6.07) is 10.0. The van der Waals surface area contributed by atoms with Gasteiger partial charge in [0.2, 0.25) is 5.91 Å². The maximum absolute atomic E-state index is 13.1. The van der Waals surface area contributed by atoms with E-state index in [9.17, 15) is 9.59 Å². The number of nitrogens with zero attached hydrogens (tertiary/aromatic N) is 3. The summed E-state index contributed by atoms with van der Waals surface area (Å²) in [7, 11) is 0. The van der Waals surface area contributed by atoms with Crippen molar-refractivity contribution in [3.05, 3.63) is 41.6 Å². The molecule has 1 aromatic carbocycles. The van der Waals surface area contributed by atoms with E-state index in [0.29, 0.717) is 24.7 Å². The Morgan fingerprint density at radius 1 is 1.12 bits per heavy atom. The van der Waals surface area contributed by atoms with Gasteiger partial charge in [0.15, 0.2) is 0 Å². The van der Waals surface area contributed by atoms with Gasteiger partial charge in [0.05, 0.1) is 5.69 Å². The average molecular weight is 352 g/mol. The molecule has 4 heterocycles. The number of hydrogen-bond acceptors (Lipinski definition) is 3. The average Bonchev–Trinajstić information content (AvgIpc) is 2.93. The first kappa shape index (κ1) is 16.8. The minimum absolute atomic E-state index is 0.0176. The smallest absolute Gasteiger partial charge is 0.272 e. The molecule has 0 saturated carbocycles. The standard InChI is InChI=1S/C20H24N4O2/c1-13-3-6-16(7-4-13)18-9-19(22-21-18)20(26)24-11-15-5-8-17(24)12-23(10-15)14(2)25/h3-4,6-7,9,15,17H,5,8,10-12H2,1-2H3,(H,21,22)/t15-,17+/m0/s1. The van der Waals surface area contributed by atoms with E-state index in [0.717, 1.165) is 30.6 Å². The molecular weight excluding hydrogens is 328 g/mol. The second-order valence-corrected chi connectivity index (χ2v) is 7.51. The zero-order valence-electron chi connectivity index (χ0n) is 15.2. The molecule has 136 valence electrons. The fourth-order valence-electron chi connectivity index (χ4n) is 4.05. The fourth-order valence-corrected chi connectivity index (χ4v) is 4.05. The molecule has 2 aromatic rings. The fraction of sp³-hybridized carbons (Fsp3) is 0.450. The molecule has 2 amide bonds. The molecule has 3 aliphatic rings. The van der Waals surface area contributed by atoms with Crippen LogP contribution in [0.5, 0.6) is 0 Å². The summed E-state index contributed by atoms with van der Waals surface area (Å²) in [4.78, 5) is 28.7. The van der Waals surface area contributed by atoms with E-state index in [4.69, 9.17) is 0 Å². The third-order valence-electron chi connectivity index (χ3n) is 5.58. The molecule has 0 radical (unpaired) electrons. The number of amides is 2. The van der Waals surface area contributed by atoms with Crippen LogP contribution in [0, 0.1) is 12.8 Å². The molecule has 3 aliphatic heterocycles. The van der Waals surface area contributed by atoms with Gasteiger partial charge in [-0.05, 0) is 31.7 Å². The number of aromatic amines is 1. The lowest BCUT2D eigenvalue weighted by Gasteiger charge is -2.35. The molecular formula is C20H24N4O2. The number of aryl methyl sites for hydroxylation is 1. The number of nitrogens with one attached hydrogen (secondary N) is 1. The van der Waals surface area contributed by atoms with Crippen molar-refractivity contribution in [1.82, 2.24) is 20.0 Å². The van der Waals surface area contributed by atoms with E-state index in [1.807, 2.05) is 47.1 Å². The molecule has 1 aromatic heterocycles. The van der Waals surface area contributed by atoms with Gasteiger partial charge >= 0.3 is 0 Å². The van der Waals surface area contributed by atoms with E-state index >= 15 is 0 Å². The zero-order valence-corrected chi connectivity index (χ0v) is 15.2. The first-order valence-electron chi connectivity index (χ1n) is 9.20. The zero-order chi connectivity index (χ0) is 18.3. The third kappa shape index (κ3) is 3.11. The highest BCUT2D eigenvalue weighted by Gasteiger charge is 2.38. The number of hydrogen-bond donors (Lipinski definition) is 1. The number of benzene rings is 1. The normalized spacial score (nSPS) is 22.4. The molecule has 3 fully saturated rings. The van der Waals surface area contributed by atoms with Crippen LogP contribution in [0.4, 0.5) is 0 Å². The van der Waals surface area contributed by atoms with Gasteiger partial charge < -0.3 is 9.80 Å². The summed E-state index contributed by atoms with van der Waals surface area (Å²) in [6.07, 6.45) is 2.04. The molecule has 5 rings (SSSR count). The van der Waals surface area contributed by atoms with Crippen LogP contribution in [-0.2, 0) is 4.79 Å². The van der Waals surface area contributed by atoms with Gasteiger partial charge in [-0.2, -0.15) is 5.10 Å². The summed E-state index contributed by atoms with van der Waals surface area (Å²) in [5, 5.41) is 7.23. The number of fused-ring (bicyclic) bond motifs is 4. The van der Waals surface area contributed by atoms with Gasteiger partial charge in [-0.3, -0.25) is 14.7 Å². The van der Waals surface area contributed by atoms with E-state index in [1.54, 1.807) is 6.92 Å². The van der Waals surface area contributed by atoms with Crippen molar-refractivity contribution in [3.63, 3.8) is 0 Å².